The van der Waals surface area contributed by atoms with Crippen molar-refractivity contribution in [2.75, 3.05) is 0 Å². The molecule has 0 aliphatic heterocycles. The third kappa shape index (κ3) is 8.41. The molecule has 244 valence electrons. The molecule has 0 bridgehead atoms. The van der Waals surface area contributed by atoms with E-state index in [4.69, 9.17) is 0 Å². The molecule has 0 aromatic heterocycles. The Bertz CT molecular complexity index is 1720. The average molecular weight is 772 g/mol. The zero-order chi connectivity index (χ0) is 34.9. The van der Waals surface area contributed by atoms with Crippen LogP contribution < -0.4 is 0 Å². The second-order valence-corrected chi connectivity index (χ2v) is 15.0. The Kier molecular flexibility index (Phi) is 12.4. The minimum Gasteiger partial charge on any atom is -0.744 e. The van der Waals surface area contributed by atoms with Gasteiger partial charge in [0.15, 0.2) is 46.5 Å². The van der Waals surface area contributed by atoms with E-state index in [-0.39, 0.29) is 0 Å². The molecule has 45 heavy (non-hydrogen) atoms. The normalized spacial score (nSPS) is 14.8. The first-order valence-electron chi connectivity index (χ1n) is 11.9. The molecular formula is C26H18F10O6S2Zr. The van der Waals surface area contributed by atoms with E-state index >= 15 is 0 Å². The number of halogens is 10. The van der Waals surface area contributed by atoms with E-state index in [2.05, 4.69) is 39.8 Å². The summed E-state index contributed by atoms with van der Waals surface area (Å²) in [5.41, 5.74) is 6.41. The molecule has 19 heteroatoms. The predicted molar refractivity (Wildman–Crippen MR) is 131 cm³/mol. The first-order valence-corrected chi connectivity index (χ1v) is 17.2. The molecule has 0 saturated carbocycles. The van der Waals surface area contributed by atoms with Gasteiger partial charge in [0.1, 0.15) is 30.0 Å². The van der Waals surface area contributed by atoms with Gasteiger partial charge in [-0.2, -0.15) is 0 Å². The van der Waals surface area contributed by atoms with Gasteiger partial charge in [-0.05, 0) is 0 Å². The first-order chi connectivity index (χ1) is 20.4. The van der Waals surface area contributed by atoms with Crippen molar-refractivity contribution < 1.29 is 93.1 Å². The molecule has 2 aliphatic carbocycles. The van der Waals surface area contributed by atoms with Crippen molar-refractivity contribution in [3.63, 3.8) is 0 Å². The predicted octanol–water partition coefficient (Wildman–Crippen LogP) is 6.89. The van der Waals surface area contributed by atoms with Crippen LogP contribution in [0.25, 0.3) is 0 Å². The van der Waals surface area contributed by atoms with Gasteiger partial charge in [0.2, 0.25) is 11.6 Å². The van der Waals surface area contributed by atoms with Crippen LogP contribution in [-0.4, -0.2) is 25.9 Å². The van der Waals surface area contributed by atoms with Crippen LogP contribution in [0.2, 0.25) is 0 Å². The topological polar surface area (TPSA) is 114 Å². The fourth-order valence-electron chi connectivity index (χ4n) is 3.84. The molecule has 0 amide bonds. The van der Waals surface area contributed by atoms with Crippen LogP contribution in [0.3, 0.4) is 0 Å². The van der Waals surface area contributed by atoms with Crippen molar-refractivity contribution in [1.29, 1.82) is 0 Å². The van der Waals surface area contributed by atoms with E-state index in [0.717, 1.165) is 0 Å². The fraction of sp³-hybridized carbons (Fsp3) is 0.231. The third-order valence-electron chi connectivity index (χ3n) is 6.16. The van der Waals surface area contributed by atoms with Crippen LogP contribution in [0.5, 0.6) is 0 Å². The van der Waals surface area contributed by atoms with Crippen LogP contribution in [0.15, 0.2) is 50.8 Å². The molecule has 4 rings (SSSR count). The van der Waals surface area contributed by atoms with Crippen molar-refractivity contribution in [2.45, 2.75) is 50.3 Å². The van der Waals surface area contributed by atoms with Gasteiger partial charge in [0.05, 0.1) is 0 Å². The first kappa shape index (κ1) is 38.6. The molecule has 2 aromatic rings. The maximum absolute atomic E-state index is 12.6. The molecule has 6 nitrogen and oxygen atoms in total. The maximum Gasteiger partial charge on any atom is 0.200 e. The summed E-state index contributed by atoms with van der Waals surface area (Å²) in [5, 5.41) is 0. The van der Waals surface area contributed by atoms with Gasteiger partial charge in [0, 0.05) is 0 Å². The Labute approximate surface area is 261 Å². The summed E-state index contributed by atoms with van der Waals surface area (Å²) < 4.78 is 189. The van der Waals surface area contributed by atoms with Crippen molar-refractivity contribution in [3.8, 4) is 0 Å². The Morgan fingerprint density at radius 2 is 0.711 bits per heavy atom. The number of benzene rings is 2. The van der Waals surface area contributed by atoms with E-state index in [0.29, 0.717) is 0 Å². The summed E-state index contributed by atoms with van der Waals surface area (Å²) in [6, 6.07) is 0. The number of allylic oxidation sites excluding steroid dienone is 8. The molecule has 0 spiro atoms. The molecule has 0 atom stereocenters. The van der Waals surface area contributed by atoms with Crippen LogP contribution >= 0.6 is 0 Å². The monoisotopic (exact) mass is 770 g/mol. The largest absolute Gasteiger partial charge is 0.744 e. The minimum atomic E-state index is -5.77. The molecule has 0 saturated heterocycles. The van der Waals surface area contributed by atoms with Gasteiger partial charge in [0.25, 0.3) is 0 Å². The quantitative estimate of drug-likeness (QED) is 0.145. The van der Waals surface area contributed by atoms with Crippen molar-refractivity contribution in [3.05, 3.63) is 99.2 Å². The SMILES string of the molecule is CC1=CCC(C)=[C]1[Zr+2][C]1=C(C)CC=C1C.O=S(=O)([O-])c1c(F)c(F)c(F)c(F)c1F.O=S(=O)([O-])c1c(F)c(F)c(F)c(F)c1F. The molecule has 0 unspecified atom stereocenters. The Morgan fingerprint density at radius 1 is 0.489 bits per heavy atom. The molecule has 0 heterocycles. The van der Waals surface area contributed by atoms with Crippen LogP contribution in [0.4, 0.5) is 43.9 Å². The fourth-order valence-corrected chi connectivity index (χ4v) is 8.71. The number of rotatable bonds is 4. The number of hydrogen-bond acceptors (Lipinski definition) is 6. The summed E-state index contributed by atoms with van der Waals surface area (Å²) in [7, 11) is -11.5. The minimum absolute atomic E-state index is 0.507. The van der Waals surface area contributed by atoms with Gasteiger partial charge < -0.3 is 9.11 Å². The molecule has 0 fully saturated rings. The Balaban J connectivity index is 0.000000235. The van der Waals surface area contributed by atoms with Crippen LogP contribution in [0, 0.1) is 58.2 Å². The van der Waals surface area contributed by atoms with E-state index in [9.17, 15) is 69.8 Å². The molecule has 0 radical (unpaired) electrons. The Morgan fingerprint density at radius 3 is 0.889 bits per heavy atom. The van der Waals surface area contributed by atoms with Crippen LogP contribution in [0.1, 0.15) is 40.5 Å². The van der Waals surface area contributed by atoms with Crippen molar-refractivity contribution in [2.24, 2.45) is 0 Å². The third-order valence-corrected chi connectivity index (χ3v) is 13.1. The Hall–Kier alpha value is -2.60. The standard InChI is InChI=1S/2C7H9.2C6HF5O3S.Zr/c2*1-6-3-4-7(2)5-6;2*7-1-2(8)4(10)6(15(12,13)14)5(11)3(1)9;/h2*3H,4H2,1-2H3;2*(H,12,13,14);/q;;;;+2/p-2. The van der Waals surface area contributed by atoms with Gasteiger partial charge in [-0.3, -0.25) is 0 Å². The second kappa shape index (κ2) is 14.4. The smallest absolute Gasteiger partial charge is 0.200 e. The van der Waals surface area contributed by atoms with E-state index in [1.54, 1.807) is 28.9 Å². The summed E-state index contributed by atoms with van der Waals surface area (Å²) in [6.45, 7) is 9.20. The van der Waals surface area contributed by atoms with Gasteiger partial charge >= 0.3 is 105 Å². The summed E-state index contributed by atoms with van der Waals surface area (Å²) in [5.74, 6) is -25.7. The summed E-state index contributed by atoms with van der Waals surface area (Å²) >= 11 is -0.507. The van der Waals surface area contributed by atoms with E-state index in [1.165, 1.54) is 12.8 Å². The number of hydrogen-bond donors (Lipinski definition) is 0. The molecule has 0 N–H and O–H groups in total. The molecular weight excluding hydrogens is 754 g/mol. The van der Waals surface area contributed by atoms with Crippen LogP contribution in [-0.2, 0) is 43.5 Å². The summed E-state index contributed by atoms with van der Waals surface area (Å²) in [4.78, 5) is -4.75. The second-order valence-electron chi connectivity index (χ2n) is 9.32. The van der Waals surface area contributed by atoms with Gasteiger partial charge in [-0.15, -0.1) is 0 Å². The van der Waals surface area contributed by atoms with Crippen molar-refractivity contribution in [1.82, 2.24) is 0 Å². The summed E-state index contributed by atoms with van der Waals surface area (Å²) in [6.07, 6.45) is 7.21. The van der Waals surface area contributed by atoms with E-state index < -0.39 is 111 Å². The van der Waals surface area contributed by atoms with Crippen molar-refractivity contribution >= 4 is 20.2 Å². The zero-order valence-corrected chi connectivity index (χ0v) is 27.2. The zero-order valence-electron chi connectivity index (χ0n) is 23.1. The van der Waals surface area contributed by atoms with E-state index in [1.807, 2.05) is 0 Å². The maximum atomic E-state index is 12.6. The molecule has 2 aromatic carbocycles. The van der Waals surface area contributed by atoms with Gasteiger partial charge in [-0.1, -0.05) is 0 Å². The van der Waals surface area contributed by atoms with Gasteiger partial charge in [-0.25, -0.2) is 60.7 Å². The molecule has 2 aliphatic rings. The average Bonchev–Trinajstić information content (AvgIpc) is 3.42.